The van der Waals surface area contributed by atoms with E-state index in [0.29, 0.717) is 10.9 Å². The van der Waals surface area contributed by atoms with Crippen LogP contribution >= 0.6 is 0 Å². The van der Waals surface area contributed by atoms with Gasteiger partial charge in [0, 0.05) is 5.39 Å². The third-order valence-corrected chi connectivity index (χ3v) is 2.67. The molecule has 0 saturated carbocycles. The highest BCUT2D eigenvalue weighted by Gasteiger charge is 2.20. The number of nitrogens with two attached hydrogens (primary N) is 1. The van der Waals surface area contributed by atoms with Crippen LogP contribution in [0.25, 0.3) is 10.9 Å². The number of esters is 1. The first-order valence-electron chi connectivity index (χ1n) is 6.38. The highest BCUT2D eigenvalue weighted by molar-refractivity contribution is 6.04. The summed E-state index contributed by atoms with van der Waals surface area (Å²) in [6.07, 6.45) is 0. The van der Waals surface area contributed by atoms with Crippen molar-refractivity contribution in [3.63, 3.8) is 0 Å². The Labute approximate surface area is 121 Å². The van der Waals surface area contributed by atoms with Gasteiger partial charge < -0.3 is 15.6 Å². The van der Waals surface area contributed by atoms with Crippen LogP contribution in [0, 0.1) is 0 Å². The molecule has 2 rings (SSSR count). The molecule has 0 fully saturated rings. The van der Waals surface area contributed by atoms with Gasteiger partial charge in [0.2, 0.25) is 0 Å². The molecule has 2 aromatic rings. The zero-order chi connectivity index (χ0) is 15.8. The number of nitrogens with zero attached hydrogens (tertiary/aromatic N) is 2. The molecule has 7 heteroatoms. The number of amides is 1. The van der Waals surface area contributed by atoms with Crippen LogP contribution < -0.4 is 5.73 Å². The van der Waals surface area contributed by atoms with Crippen LogP contribution in [0.4, 0.5) is 0 Å². The number of primary amides is 1. The minimum atomic E-state index is -0.728. The summed E-state index contributed by atoms with van der Waals surface area (Å²) in [5.41, 5.74) is 5.18. The standard InChI is InChI=1S/C14H17N3O4/c1-14(2,3)21-11(19)7-17-10-5-4-8(18)6-9(10)12(16-17)13(15)20/h4-6,18H,7H2,1-3H3,(H2,15,20). The van der Waals surface area contributed by atoms with Crippen molar-refractivity contribution in [2.24, 2.45) is 5.73 Å². The minimum absolute atomic E-state index is 0.00413. The van der Waals surface area contributed by atoms with Crippen LogP contribution in [0.15, 0.2) is 18.2 Å². The topological polar surface area (TPSA) is 107 Å². The van der Waals surface area contributed by atoms with Gasteiger partial charge in [-0.2, -0.15) is 5.10 Å². The summed E-state index contributed by atoms with van der Waals surface area (Å²) >= 11 is 0. The van der Waals surface area contributed by atoms with Crippen molar-refractivity contribution < 1.29 is 19.4 Å². The largest absolute Gasteiger partial charge is 0.508 e. The van der Waals surface area contributed by atoms with Crippen LogP contribution in [0.3, 0.4) is 0 Å². The minimum Gasteiger partial charge on any atom is -0.508 e. The fourth-order valence-corrected chi connectivity index (χ4v) is 1.97. The van der Waals surface area contributed by atoms with Crippen LogP contribution in [-0.2, 0) is 16.1 Å². The number of hydrogen-bond acceptors (Lipinski definition) is 5. The maximum absolute atomic E-state index is 11.9. The Kier molecular flexibility index (Phi) is 3.59. The van der Waals surface area contributed by atoms with Gasteiger partial charge in [-0.3, -0.25) is 14.3 Å². The Balaban J connectivity index is 2.41. The number of hydrogen-bond donors (Lipinski definition) is 2. The van der Waals surface area contributed by atoms with E-state index in [9.17, 15) is 14.7 Å². The average Bonchev–Trinajstić information content (AvgIpc) is 2.64. The molecule has 0 spiro atoms. The van der Waals surface area contributed by atoms with Gasteiger partial charge in [-0.15, -0.1) is 0 Å². The number of rotatable bonds is 3. The van der Waals surface area contributed by atoms with Crippen molar-refractivity contribution >= 4 is 22.8 Å². The molecule has 1 aromatic heterocycles. The Morgan fingerprint density at radius 1 is 1.38 bits per heavy atom. The summed E-state index contributed by atoms with van der Waals surface area (Å²) < 4.78 is 6.55. The summed E-state index contributed by atoms with van der Waals surface area (Å²) in [7, 11) is 0. The van der Waals surface area contributed by atoms with E-state index in [0.717, 1.165) is 0 Å². The number of fused-ring (bicyclic) bond motifs is 1. The molecule has 1 heterocycles. The van der Waals surface area contributed by atoms with Gasteiger partial charge in [-0.05, 0) is 39.0 Å². The summed E-state index contributed by atoms with van der Waals surface area (Å²) in [6, 6.07) is 4.39. The van der Waals surface area contributed by atoms with Gasteiger partial charge in [0.15, 0.2) is 5.69 Å². The van der Waals surface area contributed by atoms with Gasteiger partial charge in [0.25, 0.3) is 5.91 Å². The maximum atomic E-state index is 11.9. The monoisotopic (exact) mass is 291 g/mol. The molecule has 0 aliphatic carbocycles. The van der Waals surface area contributed by atoms with Crippen LogP contribution in [0.1, 0.15) is 31.3 Å². The first-order chi connectivity index (χ1) is 9.67. The molecule has 1 amide bonds. The maximum Gasteiger partial charge on any atom is 0.328 e. The molecule has 3 N–H and O–H groups in total. The summed E-state index contributed by atoms with van der Waals surface area (Å²) in [4.78, 5) is 23.3. The second kappa shape index (κ2) is 5.08. The Bertz CT molecular complexity index is 713. The molecule has 0 aliphatic rings. The lowest BCUT2D eigenvalue weighted by Crippen LogP contribution is -2.27. The fraction of sp³-hybridized carbons (Fsp3) is 0.357. The number of phenolic OH excluding ortho intramolecular Hbond substituents is 1. The number of aromatic hydroxyl groups is 1. The number of benzene rings is 1. The smallest absolute Gasteiger partial charge is 0.328 e. The first-order valence-corrected chi connectivity index (χ1v) is 6.38. The van der Waals surface area contributed by atoms with E-state index < -0.39 is 17.5 Å². The van der Waals surface area contributed by atoms with Gasteiger partial charge in [0.1, 0.15) is 17.9 Å². The number of carbonyl (C=O) groups excluding carboxylic acids is 2. The van der Waals surface area contributed by atoms with Crippen molar-refractivity contribution in [1.29, 1.82) is 0 Å². The van der Waals surface area contributed by atoms with E-state index in [2.05, 4.69) is 5.10 Å². The molecule has 21 heavy (non-hydrogen) atoms. The third kappa shape index (κ3) is 3.31. The summed E-state index contributed by atoms with van der Waals surface area (Å²) in [5.74, 6) is -1.22. The molecule has 0 bridgehead atoms. The molecule has 0 saturated heterocycles. The van der Waals surface area contributed by atoms with Gasteiger partial charge >= 0.3 is 5.97 Å². The summed E-state index contributed by atoms with van der Waals surface area (Å²) in [6.45, 7) is 5.14. The predicted molar refractivity (Wildman–Crippen MR) is 75.8 cm³/mol. The predicted octanol–water partition coefficient (Wildman–Crippen LogP) is 1.18. The second-order valence-electron chi connectivity index (χ2n) is 5.66. The van der Waals surface area contributed by atoms with Crippen molar-refractivity contribution in [3.8, 4) is 5.75 Å². The molecule has 112 valence electrons. The lowest BCUT2D eigenvalue weighted by atomic mass is 10.2. The number of phenols is 1. The fourth-order valence-electron chi connectivity index (χ4n) is 1.97. The van der Waals surface area contributed by atoms with Crippen LogP contribution in [0.2, 0.25) is 0 Å². The first kappa shape index (κ1) is 14.8. The third-order valence-electron chi connectivity index (χ3n) is 2.67. The average molecular weight is 291 g/mol. The normalized spacial score (nSPS) is 11.6. The van der Waals surface area contributed by atoms with E-state index in [-0.39, 0.29) is 18.0 Å². The number of aromatic nitrogens is 2. The van der Waals surface area contributed by atoms with E-state index >= 15 is 0 Å². The van der Waals surface area contributed by atoms with E-state index in [1.165, 1.54) is 16.8 Å². The molecule has 0 atom stereocenters. The Hall–Kier alpha value is -2.57. The zero-order valence-corrected chi connectivity index (χ0v) is 12.1. The van der Waals surface area contributed by atoms with Crippen LogP contribution in [0.5, 0.6) is 5.75 Å². The van der Waals surface area contributed by atoms with E-state index in [1.807, 2.05) is 0 Å². The number of ether oxygens (including phenoxy) is 1. The Morgan fingerprint density at radius 2 is 2.05 bits per heavy atom. The molecule has 0 aliphatic heterocycles. The molecule has 0 radical (unpaired) electrons. The molecular weight excluding hydrogens is 274 g/mol. The highest BCUT2D eigenvalue weighted by Crippen LogP contribution is 2.23. The van der Waals surface area contributed by atoms with Gasteiger partial charge in [-0.1, -0.05) is 0 Å². The second-order valence-corrected chi connectivity index (χ2v) is 5.66. The Morgan fingerprint density at radius 3 is 2.62 bits per heavy atom. The zero-order valence-electron chi connectivity index (χ0n) is 12.1. The molecule has 7 nitrogen and oxygen atoms in total. The van der Waals surface area contributed by atoms with E-state index in [1.54, 1.807) is 26.8 Å². The van der Waals surface area contributed by atoms with Crippen LogP contribution in [-0.4, -0.2) is 32.4 Å². The van der Waals surface area contributed by atoms with E-state index in [4.69, 9.17) is 10.5 Å². The number of carbonyl (C=O) groups is 2. The SMILES string of the molecule is CC(C)(C)OC(=O)Cn1nc(C(N)=O)c2cc(O)ccc21. The molecule has 0 unspecified atom stereocenters. The van der Waals surface area contributed by atoms with Gasteiger partial charge in [-0.25, -0.2) is 0 Å². The quantitative estimate of drug-likeness (QED) is 0.826. The van der Waals surface area contributed by atoms with Crippen molar-refractivity contribution in [3.05, 3.63) is 23.9 Å². The molecular formula is C14H17N3O4. The van der Waals surface area contributed by atoms with Crippen molar-refractivity contribution in [2.45, 2.75) is 32.9 Å². The van der Waals surface area contributed by atoms with Crippen molar-refractivity contribution in [1.82, 2.24) is 9.78 Å². The van der Waals surface area contributed by atoms with Crippen molar-refractivity contribution in [2.75, 3.05) is 0 Å². The lowest BCUT2D eigenvalue weighted by molar-refractivity contribution is -0.155. The lowest BCUT2D eigenvalue weighted by Gasteiger charge is -2.19. The van der Waals surface area contributed by atoms with Gasteiger partial charge in [0.05, 0.1) is 5.52 Å². The molecule has 1 aromatic carbocycles. The summed E-state index contributed by atoms with van der Waals surface area (Å²) in [5, 5.41) is 13.9. The highest BCUT2D eigenvalue weighted by atomic mass is 16.6.